The molecular weight excluding hydrogens is 402 g/mol. The molecule has 0 bridgehead atoms. The average molecular weight is 428 g/mol. The largest absolute Gasteiger partial charge is 0.491 e. The summed E-state index contributed by atoms with van der Waals surface area (Å²) in [5.41, 5.74) is 3.90. The molecular formula is C26H25N3O3. The van der Waals surface area contributed by atoms with Crippen LogP contribution in [0.25, 0.3) is 5.57 Å². The zero-order valence-corrected chi connectivity index (χ0v) is 18.3. The summed E-state index contributed by atoms with van der Waals surface area (Å²) in [5.74, 6) is 0.00399. The van der Waals surface area contributed by atoms with Gasteiger partial charge in [0.2, 0.25) is 0 Å². The lowest BCUT2D eigenvalue weighted by atomic mass is 10.0. The van der Waals surface area contributed by atoms with E-state index in [1.54, 1.807) is 18.5 Å². The van der Waals surface area contributed by atoms with Gasteiger partial charge in [0.15, 0.2) is 0 Å². The second-order valence-electron chi connectivity index (χ2n) is 7.99. The summed E-state index contributed by atoms with van der Waals surface area (Å²) in [5, 5.41) is 3.18. The molecule has 32 heavy (non-hydrogen) atoms. The third-order valence-corrected chi connectivity index (χ3v) is 5.07. The molecule has 1 N–H and O–H groups in total. The molecule has 6 nitrogen and oxygen atoms in total. The number of ether oxygens (including phenoxy) is 1. The summed E-state index contributed by atoms with van der Waals surface area (Å²) in [6.45, 7) is 6.06. The van der Waals surface area contributed by atoms with Crippen molar-refractivity contribution in [3.63, 3.8) is 0 Å². The Bertz CT molecular complexity index is 1150. The first kappa shape index (κ1) is 21.3. The van der Waals surface area contributed by atoms with Crippen LogP contribution in [0, 0.1) is 6.92 Å². The Labute approximate surface area is 187 Å². The maximum absolute atomic E-state index is 13.4. The van der Waals surface area contributed by atoms with E-state index in [0.29, 0.717) is 16.9 Å². The van der Waals surface area contributed by atoms with E-state index in [1.165, 1.54) is 4.90 Å². The Hall–Kier alpha value is -3.93. The van der Waals surface area contributed by atoms with Crippen LogP contribution in [0.5, 0.6) is 5.75 Å². The van der Waals surface area contributed by atoms with E-state index in [-0.39, 0.29) is 30.2 Å². The van der Waals surface area contributed by atoms with Crippen molar-refractivity contribution in [2.45, 2.75) is 33.4 Å². The van der Waals surface area contributed by atoms with Crippen LogP contribution in [-0.2, 0) is 16.1 Å². The van der Waals surface area contributed by atoms with Gasteiger partial charge in [0.1, 0.15) is 11.4 Å². The molecule has 1 aliphatic heterocycles. The van der Waals surface area contributed by atoms with Crippen molar-refractivity contribution in [1.82, 2.24) is 9.88 Å². The van der Waals surface area contributed by atoms with Gasteiger partial charge >= 0.3 is 0 Å². The normalized spacial score (nSPS) is 13.8. The first-order valence-electron chi connectivity index (χ1n) is 10.5. The summed E-state index contributed by atoms with van der Waals surface area (Å²) in [4.78, 5) is 32.1. The molecule has 1 aliphatic rings. The number of hydrogen-bond donors (Lipinski definition) is 1. The van der Waals surface area contributed by atoms with Crippen molar-refractivity contribution in [1.29, 1.82) is 0 Å². The minimum absolute atomic E-state index is 0.0449. The third kappa shape index (κ3) is 4.54. The highest BCUT2D eigenvalue weighted by molar-refractivity contribution is 6.36. The van der Waals surface area contributed by atoms with Gasteiger partial charge < -0.3 is 10.1 Å². The van der Waals surface area contributed by atoms with E-state index in [9.17, 15) is 9.59 Å². The first-order valence-corrected chi connectivity index (χ1v) is 10.5. The predicted molar refractivity (Wildman–Crippen MR) is 124 cm³/mol. The molecule has 0 atom stereocenters. The topological polar surface area (TPSA) is 71.5 Å². The van der Waals surface area contributed by atoms with Gasteiger partial charge in [0.05, 0.1) is 18.2 Å². The number of hydrogen-bond acceptors (Lipinski definition) is 5. The van der Waals surface area contributed by atoms with Crippen LogP contribution in [0.3, 0.4) is 0 Å². The van der Waals surface area contributed by atoms with E-state index < -0.39 is 0 Å². The Morgan fingerprint density at radius 3 is 2.31 bits per heavy atom. The SMILES string of the molecule is Cc1ccc(NC2=C(c3ccc(OC(C)C)cc3)C(=O)N(Cc3cccnc3)C2=O)cc1. The van der Waals surface area contributed by atoms with E-state index in [0.717, 1.165) is 16.8 Å². The number of aromatic nitrogens is 1. The zero-order valence-electron chi connectivity index (χ0n) is 18.3. The molecule has 0 saturated carbocycles. The molecule has 2 aromatic carbocycles. The number of rotatable bonds is 7. The van der Waals surface area contributed by atoms with Crippen LogP contribution in [0.1, 0.15) is 30.5 Å². The van der Waals surface area contributed by atoms with Crippen molar-refractivity contribution in [2.75, 3.05) is 5.32 Å². The van der Waals surface area contributed by atoms with Crippen molar-refractivity contribution in [3.05, 3.63) is 95.4 Å². The summed E-state index contributed by atoms with van der Waals surface area (Å²) in [7, 11) is 0. The Balaban J connectivity index is 1.71. The van der Waals surface area contributed by atoms with Gasteiger partial charge in [-0.2, -0.15) is 0 Å². The van der Waals surface area contributed by atoms with Gasteiger partial charge in [-0.25, -0.2) is 0 Å². The molecule has 2 amide bonds. The highest BCUT2D eigenvalue weighted by atomic mass is 16.5. The zero-order chi connectivity index (χ0) is 22.7. The molecule has 0 unspecified atom stereocenters. The fraction of sp³-hybridized carbons (Fsp3) is 0.192. The number of anilines is 1. The minimum atomic E-state index is -0.364. The van der Waals surface area contributed by atoms with E-state index in [4.69, 9.17) is 4.74 Å². The maximum atomic E-state index is 13.4. The lowest BCUT2D eigenvalue weighted by molar-refractivity contribution is -0.137. The number of imide groups is 1. The number of nitrogens with zero attached hydrogens (tertiary/aromatic N) is 2. The van der Waals surface area contributed by atoms with Crippen LogP contribution in [-0.4, -0.2) is 27.8 Å². The molecule has 0 fully saturated rings. The first-order chi connectivity index (χ1) is 15.4. The molecule has 3 aromatic rings. The quantitative estimate of drug-likeness (QED) is 0.559. The van der Waals surface area contributed by atoms with E-state index >= 15 is 0 Å². The molecule has 0 spiro atoms. The summed E-state index contributed by atoms with van der Waals surface area (Å²) in [6.07, 6.45) is 3.36. The standard InChI is InChI=1S/C26H25N3O3/c1-17(2)32-22-12-8-20(9-13-22)23-24(28-21-10-6-18(3)7-11-21)26(31)29(25(23)30)16-19-5-4-14-27-15-19/h4-15,17,28H,16H2,1-3H3. The molecule has 6 heteroatoms. The highest BCUT2D eigenvalue weighted by Crippen LogP contribution is 2.32. The molecule has 0 radical (unpaired) electrons. The van der Waals surface area contributed by atoms with Gasteiger partial charge in [-0.05, 0) is 62.2 Å². The number of amides is 2. The Morgan fingerprint density at radius 1 is 0.969 bits per heavy atom. The molecule has 2 heterocycles. The fourth-order valence-corrected chi connectivity index (χ4v) is 3.53. The van der Waals surface area contributed by atoms with Gasteiger partial charge in [0, 0.05) is 18.1 Å². The number of pyridine rings is 1. The van der Waals surface area contributed by atoms with Gasteiger partial charge in [-0.3, -0.25) is 19.5 Å². The van der Waals surface area contributed by atoms with Gasteiger partial charge in [-0.15, -0.1) is 0 Å². The lowest BCUT2D eigenvalue weighted by Crippen LogP contribution is -2.32. The maximum Gasteiger partial charge on any atom is 0.278 e. The van der Waals surface area contributed by atoms with Gasteiger partial charge in [0.25, 0.3) is 11.8 Å². The van der Waals surface area contributed by atoms with Crippen molar-refractivity contribution >= 4 is 23.1 Å². The summed E-state index contributed by atoms with van der Waals surface area (Å²) >= 11 is 0. The second-order valence-corrected chi connectivity index (χ2v) is 7.99. The fourth-order valence-electron chi connectivity index (χ4n) is 3.53. The van der Waals surface area contributed by atoms with Crippen molar-refractivity contribution in [3.8, 4) is 5.75 Å². The number of benzene rings is 2. The van der Waals surface area contributed by atoms with E-state index in [1.807, 2.05) is 75.4 Å². The van der Waals surface area contributed by atoms with E-state index in [2.05, 4.69) is 10.3 Å². The van der Waals surface area contributed by atoms with Crippen LogP contribution in [0.2, 0.25) is 0 Å². The van der Waals surface area contributed by atoms with Crippen LogP contribution in [0.15, 0.2) is 78.8 Å². The van der Waals surface area contributed by atoms with Crippen LogP contribution >= 0.6 is 0 Å². The summed E-state index contributed by atoms with van der Waals surface area (Å²) < 4.78 is 5.71. The van der Waals surface area contributed by atoms with Crippen molar-refractivity contribution < 1.29 is 14.3 Å². The molecule has 4 rings (SSSR count). The smallest absolute Gasteiger partial charge is 0.278 e. The lowest BCUT2D eigenvalue weighted by Gasteiger charge is -2.15. The van der Waals surface area contributed by atoms with Gasteiger partial charge in [-0.1, -0.05) is 35.9 Å². The molecule has 0 aliphatic carbocycles. The minimum Gasteiger partial charge on any atom is -0.491 e. The highest BCUT2D eigenvalue weighted by Gasteiger charge is 2.39. The van der Waals surface area contributed by atoms with Crippen LogP contribution < -0.4 is 10.1 Å². The summed E-state index contributed by atoms with van der Waals surface area (Å²) in [6, 6.07) is 18.6. The van der Waals surface area contributed by atoms with Crippen LogP contribution in [0.4, 0.5) is 5.69 Å². The third-order valence-electron chi connectivity index (χ3n) is 5.07. The Kier molecular flexibility index (Phi) is 6.03. The predicted octanol–water partition coefficient (Wildman–Crippen LogP) is 4.57. The molecule has 162 valence electrons. The molecule has 1 aromatic heterocycles. The number of carbonyl (C=O) groups excluding carboxylic acids is 2. The monoisotopic (exact) mass is 427 g/mol. The Morgan fingerprint density at radius 2 is 1.69 bits per heavy atom. The number of nitrogens with one attached hydrogen (secondary N) is 1. The number of carbonyl (C=O) groups is 2. The second kappa shape index (κ2) is 9.06. The van der Waals surface area contributed by atoms with Crippen molar-refractivity contribution in [2.24, 2.45) is 0 Å². The molecule has 0 saturated heterocycles. The number of aryl methyl sites for hydroxylation is 1. The average Bonchev–Trinajstić information content (AvgIpc) is 3.00.